The van der Waals surface area contributed by atoms with E-state index in [2.05, 4.69) is 5.32 Å². The number of rotatable bonds is 5. The maximum atomic E-state index is 12.3. The summed E-state index contributed by atoms with van der Waals surface area (Å²) in [6.45, 7) is 1.89. The summed E-state index contributed by atoms with van der Waals surface area (Å²) in [4.78, 5) is 24.6. The third-order valence-electron chi connectivity index (χ3n) is 3.33. The number of anilines is 1. The molecule has 0 aliphatic heterocycles. The van der Waals surface area contributed by atoms with Crippen molar-refractivity contribution in [1.82, 2.24) is 0 Å². The molecule has 0 saturated carbocycles. The molecule has 23 heavy (non-hydrogen) atoms. The first-order valence-corrected chi connectivity index (χ1v) is 7.00. The number of hydrogen-bond acceptors (Lipinski definition) is 4. The van der Waals surface area contributed by atoms with E-state index in [1.165, 1.54) is 7.11 Å². The lowest BCUT2D eigenvalue weighted by Gasteiger charge is -2.10. The molecule has 0 saturated heterocycles. The minimum atomic E-state index is -1.40. The van der Waals surface area contributed by atoms with Crippen molar-refractivity contribution in [2.24, 2.45) is 5.92 Å². The third kappa shape index (κ3) is 3.95. The van der Waals surface area contributed by atoms with Gasteiger partial charge in [0, 0.05) is 17.3 Å². The van der Waals surface area contributed by atoms with Gasteiger partial charge in [-0.1, -0.05) is 35.9 Å². The molecule has 0 heterocycles. The summed E-state index contributed by atoms with van der Waals surface area (Å²) >= 11 is 0. The number of amides is 1. The number of nitriles is 1. The Hall–Kier alpha value is -3.13. The maximum absolute atomic E-state index is 12.3. The number of nitrogens with one attached hydrogen (secondary N) is 1. The van der Waals surface area contributed by atoms with E-state index >= 15 is 0 Å². The highest BCUT2D eigenvalue weighted by Gasteiger charge is 2.27. The lowest BCUT2D eigenvalue weighted by atomic mass is 9.97. The average Bonchev–Trinajstić information content (AvgIpc) is 2.56. The van der Waals surface area contributed by atoms with Gasteiger partial charge in [0.05, 0.1) is 13.2 Å². The standard InChI is InChI=1S/C18H16N2O3/c1-12-6-8-13(9-7-12)17(21)16(11-19)18(22)20-14-4-3-5-15(10-14)23-2/h3-10,16H,1-2H3,(H,20,22). The van der Waals surface area contributed by atoms with Crippen LogP contribution in [0, 0.1) is 24.2 Å². The molecule has 1 atom stereocenters. The Labute approximate surface area is 134 Å². The van der Waals surface area contributed by atoms with Crippen molar-refractivity contribution in [3.05, 3.63) is 59.7 Å². The van der Waals surface area contributed by atoms with Crippen molar-refractivity contribution in [1.29, 1.82) is 5.26 Å². The van der Waals surface area contributed by atoms with Crippen LogP contribution in [0.5, 0.6) is 5.75 Å². The van der Waals surface area contributed by atoms with Gasteiger partial charge in [-0.15, -0.1) is 0 Å². The van der Waals surface area contributed by atoms with Gasteiger partial charge in [-0.3, -0.25) is 9.59 Å². The highest BCUT2D eigenvalue weighted by Crippen LogP contribution is 2.18. The van der Waals surface area contributed by atoms with Crippen molar-refractivity contribution >= 4 is 17.4 Å². The quantitative estimate of drug-likeness (QED) is 0.680. The minimum Gasteiger partial charge on any atom is -0.497 e. The third-order valence-corrected chi connectivity index (χ3v) is 3.33. The van der Waals surface area contributed by atoms with Crippen LogP contribution in [-0.2, 0) is 4.79 Å². The molecule has 1 unspecified atom stereocenters. The molecular weight excluding hydrogens is 292 g/mol. The van der Waals surface area contributed by atoms with Crippen LogP contribution in [0.4, 0.5) is 5.69 Å². The second kappa shape index (κ2) is 7.23. The summed E-state index contributed by atoms with van der Waals surface area (Å²) in [6, 6.07) is 15.2. The summed E-state index contributed by atoms with van der Waals surface area (Å²) in [5.41, 5.74) is 1.80. The molecule has 0 bridgehead atoms. The largest absolute Gasteiger partial charge is 0.497 e. The molecule has 2 aromatic rings. The minimum absolute atomic E-state index is 0.336. The summed E-state index contributed by atoms with van der Waals surface area (Å²) in [6.07, 6.45) is 0. The summed E-state index contributed by atoms with van der Waals surface area (Å²) < 4.78 is 5.07. The van der Waals surface area contributed by atoms with Gasteiger partial charge in [-0.05, 0) is 19.1 Å². The normalized spacial score (nSPS) is 11.2. The second-order valence-corrected chi connectivity index (χ2v) is 5.01. The molecule has 0 aliphatic rings. The number of ether oxygens (including phenoxy) is 1. The number of carbonyl (C=O) groups is 2. The first kappa shape index (κ1) is 16.2. The summed E-state index contributed by atoms with van der Waals surface area (Å²) in [5, 5.41) is 11.8. The molecule has 0 spiro atoms. The van der Waals surface area contributed by atoms with Crippen molar-refractivity contribution in [2.45, 2.75) is 6.92 Å². The smallest absolute Gasteiger partial charge is 0.249 e. The van der Waals surface area contributed by atoms with Crippen molar-refractivity contribution < 1.29 is 14.3 Å². The van der Waals surface area contributed by atoms with Crippen LogP contribution >= 0.6 is 0 Å². The summed E-state index contributed by atoms with van der Waals surface area (Å²) in [7, 11) is 1.51. The molecular formula is C18H16N2O3. The first-order valence-electron chi connectivity index (χ1n) is 7.00. The second-order valence-electron chi connectivity index (χ2n) is 5.01. The van der Waals surface area contributed by atoms with Crippen molar-refractivity contribution in [2.75, 3.05) is 12.4 Å². The van der Waals surface area contributed by atoms with Crippen LogP contribution in [0.2, 0.25) is 0 Å². The summed E-state index contributed by atoms with van der Waals surface area (Å²) in [5.74, 6) is -2.01. The van der Waals surface area contributed by atoms with Crippen LogP contribution in [-0.4, -0.2) is 18.8 Å². The predicted molar refractivity (Wildman–Crippen MR) is 86.2 cm³/mol. The Morgan fingerprint density at radius 1 is 1.17 bits per heavy atom. The van der Waals surface area contributed by atoms with E-state index in [0.717, 1.165) is 5.56 Å². The molecule has 0 aliphatic carbocycles. The van der Waals surface area contributed by atoms with Crippen LogP contribution < -0.4 is 10.1 Å². The molecule has 0 radical (unpaired) electrons. The molecule has 5 nitrogen and oxygen atoms in total. The molecule has 1 N–H and O–H groups in total. The van der Waals surface area contributed by atoms with Crippen LogP contribution in [0.15, 0.2) is 48.5 Å². The van der Waals surface area contributed by atoms with Crippen LogP contribution in [0.25, 0.3) is 0 Å². The first-order chi connectivity index (χ1) is 11.0. The van der Waals surface area contributed by atoms with Gasteiger partial charge in [0.15, 0.2) is 11.7 Å². The van der Waals surface area contributed by atoms with E-state index in [4.69, 9.17) is 4.74 Å². The van der Waals surface area contributed by atoms with Gasteiger partial charge in [0.1, 0.15) is 5.75 Å². The van der Waals surface area contributed by atoms with E-state index in [9.17, 15) is 14.9 Å². The van der Waals surface area contributed by atoms with Crippen LogP contribution in [0.3, 0.4) is 0 Å². The van der Waals surface area contributed by atoms with E-state index in [-0.39, 0.29) is 0 Å². The number of ketones is 1. The monoisotopic (exact) mass is 308 g/mol. The van der Waals surface area contributed by atoms with Gasteiger partial charge >= 0.3 is 0 Å². The van der Waals surface area contributed by atoms with E-state index in [1.807, 2.05) is 6.92 Å². The fraction of sp³-hybridized carbons (Fsp3) is 0.167. The van der Waals surface area contributed by atoms with E-state index < -0.39 is 17.6 Å². The van der Waals surface area contributed by atoms with E-state index in [1.54, 1.807) is 54.6 Å². The number of methoxy groups -OCH3 is 1. The zero-order valence-electron chi connectivity index (χ0n) is 12.9. The van der Waals surface area contributed by atoms with Crippen molar-refractivity contribution in [3.8, 4) is 11.8 Å². The highest BCUT2D eigenvalue weighted by atomic mass is 16.5. The Balaban J connectivity index is 2.16. The highest BCUT2D eigenvalue weighted by molar-refractivity contribution is 6.15. The Kier molecular flexibility index (Phi) is 5.11. The number of aryl methyl sites for hydroxylation is 1. The number of Topliss-reactive ketones (excluding diaryl/α,β-unsaturated/α-hetero) is 1. The number of hydrogen-bond donors (Lipinski definition) is 1. The van der Waals surface area contributed by atoms with Gasteiger partial charge in [0.2, 0.25) is 5.91 Å². The lowest BCUT2D eigenvalue weighted by molar-refractivity contribution is -0.117. The molecule has 2 aromatic carbocycles. The zero-order valence-corrected chi connectivity index (χ0v) is 12.9. The van der Waals surface area contributed by atoms with Gasteiger partial charge in [0.25, 0.3) is 0 Å². The van der Waals surface area contributed by atoms with Gasteiger partial charge in [-0.25, -0.2) is 0 Å². The zero-order chi connectivity index (χ0) is 16.8. The number of carbonyl (C=O) groups excluding carboxylic acids is 2. The fourth-order valence-corrected chi connectivity index (χ4v) is 2.04. The topological polar surface area (TPSA) is 79.2 Å². The Morgan fingerprint density at radius 3 is 2.48 bits per heavy atom. The van der Waals surface area contributed by atoms with Gasteiger partial charge < -0.3 is 10.1 Å². The number of benzene rings is 2. The Morgan fingerprint density at radius 2 is 1.87 bits per heavy atom. The molecule has 1 amide bonds. The Bertz CT molecular complexity index is 761. The average molecular weight is 308 g/mol. The van der Waals surface area contributed by atoms with Crippen LogP contribution in [0.1, 0.15) is 15.9 Å². The molecule has 116 valence electrons. The molecule has 5 heteroatoms. The SMILES string of the molecule is COc1cccc(NC(=O)C(C#N)C(=O)c2ccc(C)cc2)c1. The van der Waals surface area contributed by atoms with Crippen molar-refractivity contribution in [3.63, 3.8) is 0 Å². The van der Waals surface area contributed by atoms with Gasteiger partial charge in [-0.2, -0.15) is 5.26 Å². The lowest BCUT2D eigenvalue weighted by Crippen LogP contribution is -2.28. The molecule has 0 aromatic heterocycles. The maximum Gasteiger partial charge on any atom is 0.249 e. The number of nitrogens with zero attached hydrogens (tertiary/aromatic N) is 1. The van der Waals surface area contributed by atoms with E-state index in [0.29, 0.717) is 17.0 Å². The fourth-order valence-electron chi connectivity index (χ4n) is 2.04. The predicted octanol–water partition coefficient (Wildman–Crippen LogP) is 2.96. The molecule has 0 fully saturated rings. The molecule has 2 rings (SSSR count).